The fraction of sp³-hybridized carbons (Fsp3) is 0.105. The van der Waals surface area contributed by atoms with Crippen LogP contribution in [0.4, 0.5) is 5.13 Å². The summed E-state index contributed by atoms with van der Waals surface area (Å²) in [5, 5.41) is 4.37. The number of carbonyl (C=O) groups excluding carboxylic acids is 1. The molecule has 0 saturated heterocycles. The summed E-state index contributed by atoms with van der Waals surface area (Å²) in [6.07, 6.45) is 1.74. The standard InChI is InChI=1S/C19H15N3O2S/c1-2-24-14-6-8-16-17(11-14)25-19(21-16)22-18(23)13-5-7-15-12(10-13)4-3-9-20-15/h3-11H,2H2,1H3,(H,21,22,23). The summed E-state index contributed by atoms with van der Waals surface area (Å²) < 4.78 is 6.48. The SMILES string of the molecule is CCOc1ccc2nc(NC(=O)c3ccc4ncccc4c3)sc2c1. The van der Waals surface area contributed by atoms with Crippen molar-refractivity contribution in [2.75, 3.05) is 11.9 Å². The third-order valence-electron chi connectivity index (χ3n) is 3.76. The lowest BCUT2D eigenvalue weighted by Gasteiger charge is -2.03. The van der Waals surface area contributed by atoms with Gasteiger partial charge in [-0.05, 0) is 49.4 Å². The molecule has 124 valence electrons. The molecule has 4 aromatic rings. The van der Waals surface area contributed by atoms with Gasteiger partial charge in [-0.2, -0.15) is 0 Å². The summed E-state index contributed by atoms with van der Waals surface area (Å²) in [6, 6.07) is 15.0. The molecule has 2 aromatic heterocycles. The Kier molecular flexibility index (Phi) is 4.03. The highest BCUT2D eigenvalue weighted by atomic mass is 32.1. The van der Waals surface area contributed by atoms with Crippen molar-refractivity contribution in [3.8, 4) is 5.75 Å². The summed E-state index contributed by atoms with van der Waals surface area (Å²) in [7, 11) is 0. The highest BCUT2D eigenvalue weighted by Crippen LogP contribution is 2.29. The van der Waals surface area contributed by atoms with Crippen LogP contribution in [0.1, 0.15) is 17.3 Å². The van der Waals surface area contributed by atoms with Crippen LogP contribution in [0, 0.1) is 0 Å². The van der Waals surface area contributed by atoms with Gasteiger partial charge in [0.1, 0.15) is 5.75 Å². The Balaban J connectivity index is 1.59. The smallest absolute Gasteiger partial charge is 0.257 e. The van der Waals surface area contributed by atoms with Crippen molar-refractivity contribution >= 4 is 43.5 Å². The van der Waals surface area contributed by atoms with E-state index in [9.17, 15) is 4.79 Å². The van der Waals surface area contributed by atoms with Gasteiger partial charge in [0.2, 0.25) is 0 Å². The lowest BCUT2D eigenvalue weighted by atomic mass is 10.1. The topological polar surface area (TPSA) is 64.1 Å². The minimum absolute atomic E-state index is 0.185. The molecule has 0 unspecified atom stereocenters. The number of rotatable bonds is 4. The molecule has 1 amide bonds. The number of pyridine rings is 1. The van der Waals surface area contributed by atoms with Crippen LogP contribution in [0.25, 0.3) is 21.1 Å². The van der Waals surface area contributed by atoms with Crippen LogP contribution in [0.2, 0.25) is 0 Å². The van der Waals surface area contributed by atoms with E-state index in [0.29, 0.717) is 17.3 Å². The number of fused-ring (bicyclic) bond motifs is 2. The van der Waals surface area contributed by atoms with Gasteiger partial charge in [0, 0.05) is 17.1 Å². The molecule has 1 N–H and O–H groups in total. The average molecular weight is 349 g/mol. The fourth-order valence-electron chi connectivity index (χ4n) is 2.60. The molecular formula is C19H15N3O2S. The van der Waals surface area contributed by atoms with Crippen LogP contribution >= 0.6 is 11.3 Å². The van der Waals surface area contributed by atoms with E-state index < -0.39 is 0 Å². The second-order valence-corrected chi connectivity index (χ2v) is 6.48. The maximum Gasteiger partial charge on any atom is 0.257 e. The minimum Gasteiger partial charge on any atom is -0.494 e. The number of benzene rings is 2. The van der Waals surface area contributed by atoms with Crippen molar-refractivity contribution in [2.24, 2.45) is 0 Å². The summed E-state index contributed by atoms with van der Waals surface area (Å²) >= 11 is 1.43. The number of carbonyl (C=O) groups is 1. The van der Waals surface area contributed by atoms with Gasteiger partial charge in [0.15, 0.2) is 5.13 Å². The van der Waals surface area contributed by atoms with E-state index >= 15 is 0 Å². The molecule has 4 rings (SSSR count). The number of ether oxygens (including phenoxy) is 1. The molecule has 0 aliphatic heterocycles. The first kappa shape index (κ1) is 15.5. The van der Waals surface area contributed by atoms with Gasteiger partial charge in [-0.1, -0.05) is 17.4 Å². The molecule has 0 aliphatic rings. The first-order chi connectivity index (χ1) is 12.2. The molecule has 0 fully saturated rings. The van der Waals surface area contributed by atoms with Gasteiger partial charge < -0.3 is 4.74 Å². The Morgan fingerprint density at radius 2 is 2.04 bits per heavy atom. The number of nitrogens with zero attached hydrogens (tertiary/aromatic N) is 2. The zero-order chi connectivity index (χ0) is 17.2. The quantitative estimate of drug-likeness (QED) is 0.589. The zero-order valence-corrected chi connectivity index (χ0v) is 14.3. The highest BCUT2D eigenvalue weighted by Gasteiger charge is 2.11. The predicted molar refractivity (Wildman–Crippen MR) is 100 cm³/mol. The van der Waals surface area contributed by atoms with E-state index in [-0.39, 0.29) is 5.91 Å². The van der Waals surface area contributed by atoms with Crippen molar-refractivity contribution in [3.63, 3.8) is 0 Å². The van der Waals surface area contributed by atoms with Crippen LogP contribution in [0.5, 0.6) is 5.75 Å². The molecule has 2 aromatic carbocycles. The minimum atomic E-state index is -0.185. The lowest BCUT2D eigenvalue weighted by Crippen LogP contribution is -2.11. The Morgan fingerprint density at radius 3 is 2.92 bits per heavy atom. The number of thiazole rings is 1. The maximum atomic E-state index is 12.5. The Hall–Kier alpha value is -2.99. The number of amides is 1. The van der Waals surface area contributed by atoms with Crippen LogP contribution < -0.4 is 10.1 Å². The molecule has 2 heterocycles. The number of hydrogen-bond donors (Lipinski definition) is 1. The highest BCUT2D eigenvalue weighted by molar-refractivity contribution is 7.22. The van der Waals surface area contributed by atoms with Gasteiger partial charge >= 0.3 is 0 Å². The second-order valence-electron chi connectivity index (χ2n) is 5.45. The number of hydrogen-bond acceptors (Lipinski definition) is 5. The van der Waals surface area contributed by atoms with E-state index in [2.05, 4.69) is 15.3 Å². The molecule has 0 saturated carbocycles. The molecule has 6 heteroatoms. The van der Waals surface area contributed by atoms with Gasteiger partial charge in [0.05, 0.1) is 22.3 Å². The molecule has 0 spiro atoms. The Morgan fingerprint density at radius 1 is 1.16 bits per heavy atom. The van der Waals surface area contributed by atoms with Crippen molar-refractivity contribution in [2.45, 2.75) is 6.92 Å². The number of aromatic nitrogens is 2. The molecule has 5 nitrogen and oxygen atoms in total. The maximum absolute atomic E-state index is 12.5. The monoisotopic (exact) mass is 349 g/mol. The van der Waals surface area contributed by atoms with E-state index in [1.165, 1.54) is 11.3 Å². The molecular weight excluding hydrogens is 334 g/mol. The van der Waals surface area contributed by atoms with Gasteiger partial charge in [0.25, 0.3) is 5.91 Å². The van der Waals surface area contributed by atoms with Crippen LogP contribution in [-0.4, -0.2) is 22.5 Å². The third kappa shape index (κ3) is 3.16. The number of nitrogens with one attached hydrogen (secondary N) is 1. The third-order valence-corrected chi connectivity index (χ3v) is 4.69. The van der Waals surface area contributed by atoms with E-state index in [1.807, 2.05) is 49.4 Å². The molecule has 0 atom stereocenters. The summed E-state index contributed by atoms with van der Waals surface area (Å²) in [4.78, 5) is 21.2. The van der Waals surface area contributed by atoms with Crippen molar-refractivity contribution in [3.05, 3.63) is 60.3 Å². The predicted octanol–water partition coefficient (Wildman–Crippen LogP) is 4.50. The normalized spacial score (nSPS) is 10.9. The van der Waals surface area contributed by atoms with Gasteiger partial charge in [-0.3, -0.25) is 15.1 Å². The van der Waals surface area contributed by atoms with Crippen molar-refractivity contribution in [1.82, 2.24) is 9.97 Å². The summed E-state index contributed by atoms with van der Waals surface area (Å²) in [6.45, 7) is 2.56. The Labute approximate surface area is 148 Å². The van der Waals surface area contributed by atoms with Crippen LogP contribution in [0.3, 0.4) is 0 Å². The lowest BCUT2D eigenvalue weighted by molar-refractivity contribution is 0.102. The van der Waals surface area contributed by atoms with Gasteiger partial charge in [-0.15, -0.1) is 0 Å². The van der Waals surface area contributed by atoms with Crippen LogP contribution in [0.15, 0.2) is 54.7 Å². The summed E-state index contributed by atoms with van der Waals surface area (Å²) in [5.41, 5.74) is 2.28. The van der Waals surface area contributed by atoms with Crippen molar-refractivity contribution in [1.29, 1.82) is 0 Å². The van der Waals surface area contributed by atoms with Crippen molar-refractivity contribution < 1.29 is 9.53 Å². The fourth-order valence-corrected chi connectivity index (χ4v) is 3.49. The largest absolute Gasteiger partial charge is 0.494 e. The molecule has 0 radical (unpaired) electrons. The summed E-state index contributed by atoms with van der Waals surface area (Å²) in [5.74, 6) is 0.619. The van der Waals surface area contributed by atoms with Gasteiger partial charge in [-0.25, -0.2) is 4.98 Å². The molecule has 0 bridgehead atoms. The number of anilines is 1. The zero-order valence-electron chi connectivity index (χ0n) is 13.5. The molecule has 0 aliphatic carbocycles. The Bertz CT molecular complexity index is 1070. The average Bonchev–Trinajstić information content (AvgIpc) is 3.03. The van der Waals surface area contributed by atoms with Crippen LogP contribution in [-0.2, 0) is 0 Å². The van der Waals surface area contributed by atoms with E-state index in [4.69, 9.17) is 4.74 Å². The van der Waals surface area contributed by atoms with E-state index in [0.717, 1.165) is 26.9 Å². The first-order valence-electron chi connectivity index (χ1n) is 7.92. The first-order valence-corrected chi connectivity index (χ1v) is 8.74. The van der Waals surface area contributed by atoms with E-state index in [1.54, 1.807) is 12.3 Å². The molecule has 25 heavy (non-hydrogen) atoms. The second kappa shape index (κ2) is 6.49.